The Morgan fingerprint density at radius 1 is 0.966 bits per heavy atom. The average Bonchev–Trinajstić information content (AvgIpc) is 3.26. The van der Waals surface area contributed by atoms with Crippen LogP contribution in [0.3, 0.4) is 0 Å². The largest absolute Gasteiger partial charge is 0.332 e. The molecule has 7 nitrogen and oxygen atoms in total. The van der Waals surface area contributed by atoms with Gasteiger partial charge in [0.2, 0.25) is 0 Å². The number of aromatic nitrogens is 4. The molecule has 0 bridgehead atoms. The van der Waals surface area contributed by atoms with Gasteiger partial charge in [-0.05, 0) is 24.1 Å². The predicted molar refractivity (Wildman–Crippen MR) is 109 cm³/mol. The van der Waals surface area contributed by atoms with E-state index in [-0.39, 0.29) is 5.92 Å². The van der Waals surface area contributed by atoms with Crippen LogP contribution in [0.1, 0.15) is 28.4 Å². The highest BCUT2D eigenvalue weighted by Gasteiger charge is 2.42. The fraction of sp³-hybridized carbons (Fsp3) is 0.364. The van der Waals surface area contributed by atoms with Crippen molar-refractivity contribution in [3.63, 3.8) is 0 Å². The summed E-state index contributed by atoms with van der Waals surface area (Å²) < 4.78 is 2.94. The van der Waals surface area contributed by atoms with E-state index >= 15 is 0 Å². The molecular weight excluding hydrogens is 366 g/mol. The quantitative estimate of drug-likeness (QED) is 0.631. The molecule has 0 spiro atoms. The maximum absolute atomic E-state index is 12.7. The summed E-state index contributed by atoms with van der Waals surface area (Å²) in [4.78, 5) is 31.8. The molecule has 1 fully saturated rings. The summed E-state index contributed by atoms with van der Waals surface area (Å²) in [6, 6.07) is 12.0. The number of hydrogen-bond acceptors (Lipinski definition) is 5. The molecule has 0 radical (unpaired) electrons. The van der Waals surface area contributed by atoms with E-state index in [0.29, 0.717) is 19.0 Å². The van der Waals surface area contributed by atoms with Gasteiger partial charge in [-0.3, -0.25) is 24.0 Å². The van der Waals surface area contributed by atoms with Gasteiger partial charge in [-0.1, -0.05) is 35.9 Å². The van der Waals surface area contributed by atoms with Gasteiger partial charge in [0.15, 0.2) is 0 Å². The van der Waals surface area contributed by atoms with Gasteiger partial charge < -0.3 is 0 Å². The second-order valence-electron chi connectivity index (χ2n) is 8.14. The highest BCUT2D eigenvalue weighted by molar-refractivity contribution is 5.21. The van der Waals surface area contributed by atoms with Crippen LogP contribution in [-0.4, -0.2) is 37.3 Å². The molecule has 0 aliphatic carbocycles. The van der Waals surface area contributed by atoms with E-state index in [2.05, 4.69) is 21.0 Å². The van der Waals surface area contributed by atoms with Crippen LogP contribution in [-0.2, 0) is 19.6 Å². The Labute approximate surface area is 168 Å². The monoisotopic (exact) mass is 389 g/mol. The van der Waals surface area contributed by atoms with E-state index in [4.69, 9.17) is 0 Å². The molecule has 0 saturated carbocycles. The molecule has 0 amide bonds. The highest BCUT2D eigenvalue weighted by Crippen LogP contribution is 2.37. The summed E-state index contributed by atoms with van der Waals surface area (Å²) in [7, 11) is 0. The lowest BCUT2D eigenvalue weighted by Crippen LogP contribution is -2.44. The molecule has 2 aliphatic rings. The Kier molecular flexibility index (Phi) is 4.39. The van der Waals surface area contributed by atoms with Crippen molar-refractivity contribution in [3.8, 4) is 0 Å². The van der Waals surface area contributed by atoms with Crippen LogP contribution in [0, 0.1) is 12.8 Å². The van der Waals surface area contributed by atoms with Gasteiger partial charge in [-0.2, -0.15) is 5.10 Å². The van der Waals surface area contributed by atoms with Gasteiger partial charge in [0.1, 0.15) is 5.82 Å². The summed E-state index contributed by atoms with van der Waals surface area (Å²) in [5.41, 5.74) is 2.32. The molecular formula is C22H23N5O2. The smallest absolute Gasteiger partial charge is 0.298 e. The van der Waals surface area contributed by atoms with Crippen LogP contribution in [0.5, 0.6) is 0 Å². The fourth-order valence-electron chi connectivity index (χ4n) is 4.53. The van der Waals surface area contributed by atoms with E-state index in [1.54, 1.807) is 10.8 Å². The van der Waals surface area contributed by atoms with E-state index in [1.807, 2.05) is 43.5 Å². The van der Waals surface area contributed by atoms with Gasteiger partial charge in [0, 0.05) is 50.4 Å². The minimum Gasteiger partial charge on any atom is -0.298 e. The van der Waals surface area contributed by atoms with Gasteiger partial charge >= 0.3 is 11.1 Å². The van der Waals surface area contributed by atoms with Crippen molar-refractivity contribution in [2.75, 3.05) is 13.1 Å². The number of aryl methyl sites for hydroxylation is 1. The Hall–Kier alpha value is -3.06. The number of pyridine rings is 1. The van der Waals surface area contributed by atoms with E-state index in [9.17, 15) is 9.59 Å². The van der Waals surface area contributed by atoms with Gasteiger partial charge in [0.05, 0.1) is 6.54 Å². The first kappa shape index (κ1) is 18.0. The first-order valence-corrected chi connectivity index (χ1v) is 9.97. The third-order valence-corrected chi connectivity index (χ3v) is 6.01. The number of fused-ring (bicyclic) bond motifs is 3. The molecule has 4 heterocycles. The van der Waals surface area contributed by atoms with Crippen molar-refractivity contribution >= 4 is 0 Å². The fourth-order valence-corrected chi connectivity index (χ4v) is 4.53. The zero-order chi connectivity index (χ0) is 20.0. The SMILES string of the molecule is Cc1ccc(Cn2nc3n(c(=O)c2=O)C[C@H]2CN(Cc4cccnc4)C[C@H]32)cc1. The molecule has 5 rings (SSSR count). The molecule has 1 aromatic carbocycles. The van der Waals surface area contributed by atoms with Crippen molar-refractivity contribution in [1.82, 2.24) is 24.2 Å². The molecule has 7 heteroatoms. The van der Waals surface area contributed by atoms with Crippen LogP contribution in [0.4, 0.5) is 0 Å². The zero-order valence-corrected chi connectivity index (χ0v) is 16.4. The molecule has 148 valence electrons. The first-order valence-electron chi connectivity index (χ1n) is 9.97. The van der Waals surface area contributed by atoms with Crippen LogP contribution in [0.15, 0.2) is 58.4 Å². The molecule has 3 aromatic rings. The van der Waals surface area contributed by atoms with Crippen molar-refractivity contribution in [2.24, 2.45) is 5.92 Å². The Balaban J connectivity index is 1.41. The van der Waals surface area contributed by atoms with Crippen molar-refractivity contribution < 1.29 is 0 Å². The van der Waals surface area contributed by atoms with Crippen LogP contribution in [0.2, 0.25) is 0 Å². The first-order chi connectivity index (χ1) is 14.1. The predicted octanol–water partition coefficient (Wildman–Crippen LogP) is 1.39. The normalized spacial score (nSPS) is 20.6. The van der Waals surface area contributed by atoms with Crippen LogP contribution in [0.25, 0.3) is 0 Å². The molecule has 2 aromatic heterocycles. The lowest BCUT2D eigenvalue weighted by atomic mass is 10.00. The Morgan fingerprint density at radius 3 is 2.55 bits per heavy atom. The summed E-state index contributed by atoms with van der Waals surface area (Å²) in [5, 5.41) is 4.64. The third kappa shape index (κ3) is 3.31. The Morgan fingerprint density at radius 2 is 1.79 bits per heavy atom. The second-order valence-corrected chi connectivity index (χ2v) is 8.14. The minimum absolute atomic E-state index is 0.184. The Bertz CT molecular complexity index is 1150. The molecule has 0 N–H and O–H groups in total. The number of likely N-dealkylation sites (tertiary alicyclic amines) is 1. The van der Waals surface area contributed by atoms with Crippen LogP contribution >= 0.6 is 0 Å². The maximum atomic E-state index is 12.7. The van der Waals surface area contributed by atoms with Gasteiger partial charge in [-0.15, -0.1) is 0 Å². The van der Waals surface area contributed by atoms with E-state index < -0.39 is 11.1 Å². The van der Waals surface area contributed by atoms with Crippen molar-refractivity contribution in [1.29, 1.82) is 0 Å². The van der Waals surface area contributed by atoms with E-state index in [1.165, 1.54) is 10.2 Å². The molecule has 2 aliphatic heterocycles. The zero-order valence-electron chi connectivity index (χ0n) is 16.4. The molecule has 29 heavy (non-hydrogen) atoms. The van der Waals surface area contributed by atoms with Crippen molar-refractivity contribution in [3.05, 3.63) is 92.0 Å². The topological polar surface area (TPSA) is 73.0 Å². The molecule has 1 saturated heterocycles. The second kappa shape index (κ2) is 7.08. The summed E-state index contributed by atoms with van der Waals surface area (Å²) in [5.74, 6) is 1.26. The minimum atomic E-state index is -0.540. The van der Waals surface area contributed by atoms with E-state index in [0.717, 1.165) is 36.6 Å². The summed E-state index contributed by atoms with van der Waals surface area (Å²) in [6.45, 7) is 5.50. The summed E-state index contributed by atoms with van der Waals surface area (Å²) >= 11 is 0. The van der Waals surface area contributed by atoms with Gasteiger partial charge in [-0.25, -0.2) is 4.68 Å². The standard InChI is InChI=1S/C22H23N5O2/c1-15-4-6-16(7-5-15)11-27-22(29)21(28)26-13-18-12-25(14-19(18)20(26)24-27)10-17-3-2-8-23-9-17/h2-9,18-19H,10-14H2,1H3/t18-,19+/m1/s1. The summed E-state index contributed by atoms with van der Waals surface area (Å²) in [6.07, 6.45) is 3.67. The number of rotatable bonds is 4. The maximum Gasteiger partial charge on any atom is 0.332 e. The molecule has 2 atom stereocenters. The van der Waals surface area contributed by atoms with Gasteiger partial charge in [0.25, 0.3) is 0 Å². The number of benzene rings is 1. The average molecular weight is 389 g/mol. The number of nitrogens with zero attached hydrogens (tertiary/aromatic N) is 5. The number of hydrogen-bond donors (Lipinski definition) is 0. The third-order valence-electron chi connectivity index (χ3n) is 6.01. The van der Waals surface area contributed by atoms with Crippen LogP contribution < -0.4 is 11.1 Å². The lowest BCUT2D eigenvalue weighted by molar-refractivity contribution is 0.303. The lowest BCUT2D eigenvalue weighted by Gasteiger charge is -2.17. The van der Waals surface area contributed by atoms with Crippen molar-refractivity contribution in [2.45, 2.75) is 32.5 Å². The molecule has 0 unspecified atom stereocenters. The highest BCUT2D eigenvalue weighted by atomic mass is 16.2.